The van der Waals surface area contributed by atoms with Crippen LogP contribution in [0.4, 0.5) is 0 Å². The predicted octanol–water partition coefficient (Wildman–Crippen LogP) is 2.46. The molecule has 1 atom stereocenters. The summed E-state index contributed by atoms with van der Waals surface area (Å²) in [6.45, 7) is 4.20. The lowest BCUT2D eigenvalue weighted by atomic mass is 9.77. The summed E-state index contributed by atoms with van der Waals surface area (Å²) in [7, 11) is 0. The number of halogens is 1. The lowest BCUT2D eigenvalue weighted by Gasteiger charge is -2.43. The number of amides is 3. The fourth-order valence-electron chi connectivity index (χ4n) is 4.57. The van der Waals surface area contributed by atoms with E-state index in [4.69, 9.17) is 22.1 Å². The van der Waals surface area contributed by atoms with Gasteiger partial charge >= 0.3 is 0 Å². The van der Waals surface area contributed by atoms with Gasteiger partial charge in [0.2, 0.25) is 17.7 Å². The first-order valence-electron chi connectivity index (χ1n) is 10.5. The molecule has 2 fully saturated rings. The largest absolute Gasteiger partial charge is 0.493 e. The minimum absolute atomic E-state index is 0.0533. The zero-order chi connectivity index (χ0) is 21.7. The number of hydrogen-bond acceptors (Lipinski definition) is 4. The highest BCUT2D eigenvalue weighted by atomic mass is 35.5. The topological polar surface area (TPSA) is 92.9 Å². The SMILES string of the molecule is CC(=O)N1CCC(C(=O)N2CCCC(COc3cccc(Cl)c3)(CC(N)=O)C2)CC1. The van der Waals surface area contributed by atoms with Crippen molar-refractivity contribution in [3.63, 3.8) is 0 Å². The summed E-state index contributed by atoms with van der Waals surface area (Å²) in [6, 6.07) is 7.13. The number of ether oxygens (including phenoxy) is 1. The Morgan fingerprint density at radius 3 is 2.57 bits per heavy atom. The first-order chi connectivity index (χ1) is 14.3. The van der Waals surface area contributed by atoms with Gasteiger partial charge in [0.15, 0.2) is 0 Å². The number of hydrogen-bond donors (Lipinski definition) is 1. The average Bonchev–Trinajstić information content (AvgIpc) is 2.71. The molecule has 1 unspecified atom stereocenters. The van der Waals surface area contributed by atoms with Gasteiger partial charge in [-0.15, -0.1) is 0 Å². The van der Waals surface area contributed by atoms with Crippen LogP contribution in [0.1, 0.15) is 39.0 Å². The summed E-state index contributed by atoms with van der Waals surface area (Å²) in [4.78, 5) is 40.2. The number of likely N-dealkylation sites (tertiary alicyclic amines) is 2. The molecule has 0 bridgehead atoms. The predicted molar refractivity (Wildman–Crippen MR) is 114 cm³/mol. The van der Waals surface area contributed by atoms with E-state index in [9.17, 15) is 14.4 Å². The van der Waals surface area contributed by atoms with Crippen molar-refractivity contribution in [2.45, 2.75) is 39.0 Å². The van der Waals surface area contributed by atoms with Gasteiger partial charge in [-0.25, -0.2) is 0 Å². The lowest BCUT2D eigenvalue weighted by Crippen LogP contribution is -2.52. The number of nitrogens with two attached hydrogens (primary N) is 1. The van der Waals surface area contributed by atoms with Crippen molar-refractivity contribution in [1.29, 1.82) is 0 Å². The highest BCUT2D eigenvalue weighted by Crippen LogP contribution is 2.36. The van der Waals surface area contributed by atoms with Crippen LogP contribution < -0.4 is 10.5 Å². The first kappa shape index (κ1) is 22.4. The molecule has 2 heterocycles. The van der Waals surface area contributed by atoms with E-state index in [1.54, 1.807) is 24.0 Å². The van der Waals surface area contributed by atoms with Crippen molar-refractivity contribution in [1.82, 2.24) is 9.80 Å². The van der Waals surface area contributed by atoms with Crippen LogP contribution >= 0.6 is 11.6 Å². The van der Waals surface area contributed by atoms with Crippen LogP contribution in [0.3, 0.4) is 0 Å². The van der Waals surface area contributed by atoms with Gasteiger partial charge in [0.1, 0.15) is 5.75 Å². The summed E-state index contributed by atoms with van der Waals surface area (Å²) in [5.74, 6) is 0.311. The van der Waals surface area contributed by atoms with E-state index < -0.39 is 11.3 Å². The van der Waals surface area contributed by atoms with Gasteiger partial charge in [-0.3, -0.25) is 14.4 Å². The van der Waals surface area contributed by atoms with Crippen molar-refractivity contribution >= 4 is 29.3 Å². The standard InChI is InChI=1S/C22H30ClN3O4/c1-16(27)25-10-6-17(7-11-25)21(29)26-9-3-8-22(14-26,13-20(24)28)15-30-19-5-2-4-18(23)12-19/h2,4-5,12,17H,3,6-11,13-15H2,1H3,(H2,24,28). The van der Waals surface area contributed by atoms with Crippen molar-refractivity contribution in [3.05, 3.63) is 29.3 Å². The zero-order valence-corrected chi connectivity index (χ0v) is 18.2. The summed E-state index contributed by atoms with van der Waals surface area (Å²) in [6.07, 6.45) is 3.08. The molecule has 30 heavy (non-hydrogen) atoms. The van der Waals surface area contributed by atoms with E-state index in [2.05, 4.69) is 0 Å². The number of carbonyl (C=O) groups excluding carboxylic acids is 3. The third kappa shape index (κ3) is 5.65. The van der Waals surface area contributed by atoms with Gasteiger partial charge in [-0.2, -0.15) is 0 Å². The fraction of sp³-hybridized carbons (Fsp3) is 0.591. The number of carbonyl (C=O) groups is 3. The zero-order valence-electron chi connectivity index (χ0n) is 17.4. The molecule has 164 valence electrons. The van der Waals surface area contributed by atoms with Crippen molar-refractivity contribution in [2.75, 3.05) is 32.8 Å². The molecule has 0 radical (unpaired) electrons. The minimum atomic E-state index is -0.512. The Bertz CT molecular complexity index is 794. The van der Waals surface area contributed by atoms with E-state index in [1.165, 1.54) is 0 Å². The molecule has 7 nitrogen and oxygen atoms in total. The molecule has 2 aliphatic heterocycles. The molecule has 0 aromatic heterocycles. The molecule has 8 heteroatoms. The number of rotatable bonds is 6. The highest BCUT2D eigenvalue weighted by molar-refractivity contribution is 6.30. The Morgan fingerprint density at radius 2 is 1.93 bits per heavy atom. The summed E-state index contributed by atoms with van der Waals surface area (Å²) >= 11 is 6.03. The quantitative estimate of drug-likeness (QED) is 0.742. The molecular weight excluding hydrogens is 406 g/mol. The molecule has 1 aromatic rings. The van der Waals surface area contributed by atoms with Crippen molar-refractivity contribution in [3.8, 4) is 5.75 Å². The normalized spacial score (nSPS) is 22.6. The van der Waals surface area contributed by atoms with Crippen LogP contribution in [0.15, 0.2) is 24.3 Å². The molecule has 2 aliphatic rings. The highest BCUT2D eigenvalue weighted by Gasteiger charge is 2.41. The molecule has 3 rings (SSSR count). The molecule has 2 N–H and O–H groups in total. The van der Waals surface area contributed by atoms with E-state index >= 15 is 0 Å². The van der Waals surface area contributed by atoms with Crippen molar-refractivity contribution < 1.29 is 19.1 Å². The van der Waals surface area contributed by atoms with Crippen LogP contribution in [0, 0.1) is 11.3 Å². The van der Waals surface area contributed by atoms with Gasteiger partial charge in [-0.05, 0) is 43.9 Å². The smallest absolute Gasteiger partial charge is 0.225 e. The monoisotopic (exact) mass is 435 g/mol. The number of nitrogens with zero attached hydrogens (tertiary/aromatic N) is 2. The third-order valence-corrected chi connectivity index (χ3v) is 6.39. The van der Waals surface area contributed by atoms with Gasteiger partial charge in [0.05, 0.1) is 6.61 Å². The maximum atomic E-state index is 13.2. The van der Waals surface area contributed by atoms with Crippen LogP contribution in [0.5, 0.6) is 5.75 Å². The lowest BCUT2D eigenvalue weighted by molar-refractivity contribution is -0.144. The molecule has 0 spiro atoms. The van der Waals surface area contributed by atoms with E-state index in [0.29, 0.717) is 56.4 Å². The molecule has 0 saturated carbocycles. The summed E-state index contributed by atoms with van der Waals surface area (Å²) in [5.41, 5.74) is 5.04. The Labute approximate surface area is 182 Å². The average molecular weight is 436 g/mol. The Kier molecular flexibility index (Phi) is 7.23. The minimum Gasteiger partial charge on any atom is -0.493 e. The molecule has 0 aliphatic carbocycles. The maximum absolute atomic E-state index is 13.2. The van der Waals surface area contributed by atoms with Crippen LogP contribution in [0.2, 0.25) is 5.02 Å². The molecule has 3 amide bonds. The second kappa shape index (κ2) is 9.69. The molecular formula is C22H30ClN3O4. The van der Waals surface area contributed by atoms with Gasteiger partial charge < -0.3 is 20.3 Å². The maximum Gasteiger partial charge on any atom is 0.225 e. The molecule has 2 saturated heterocycles. The van der Waals surface area contributed by atoms with Crippen molar-refractivity contribution in [2.24, 2.45) is 17.1 Å². The number of primary amides is 1. The fourth-order valence-corrected chi connectivity index (χ4v) is 4.75. The van der Waals surface area contributed by atoms with Gasteiger partial charge in [0.25, 0.3) is 0 Å². The van der Waals surface area contributed by atoms with Crippen LogP contribution in [-0.2, 0) is 14.4 Å². The van der Waals surface area contributed by atoms with E-state index in [-0.39, 0.29) is 24.2 Å². The van der Waals surface area contributed by atoms with Gasteiger partial charge in [0, 0.05) is 55.9 Å². The Hall–Kier alpha value is -2.28. The second-order valence-electron chi connectivity index (χ2n) is 8.53. The Morgan fingerprint density at radius 1 is 1.20 bits per heavy atom. The first-order valence-corrected chi connectivity index (χ1v) is 10.9. The second-order valence-corrected chi connectivity index (χ2v) is 8.97. The Balaban J connectivity index is 1.66. The van der Waals surface area contributed by atoms with E-state index in [0.717, 1.165) is 12.8 Å². The number of benzene rings is 1. The van der Waals surface area contributed by atoms with E-state index in [1.807, 2.05) is 17.0 Å². The molecule has 1 aromatic carbocycles. The number of piperidine rings is 2. The van der Waals surface area contributed by atoms with Crippen LogP contribution in [-0.4, -0.2) is 60.3 Å². The third-order valence-electron chi connectivity index (χ3n) is 6.15. The van der Waals surface area contributed by atoms with Crippen LogP contribution in [0.25, 0.3) is 0 Å². The summed E-state index contributed by atoms with van der Waals surface area (Å²) in [5, 5.41) is 0.578. The van der Waals surface area contributed by atoms with Gasteiger partial charge in [-0.1, -0.05) is 17.7 Å². The summed E-state index contributed by atoms with van der Waals surface area (Å²) < 4.78 is 5.97.